The van der Waals surface area contributed by atoms with Crippen LogP contribution in [0.2, 0.25) is 0 Å². The third-order valence-corrected chi connectivity index (χ3v) is 1.81. The third kappa shape index (κ3) is 4.18. The second-order valence-corrected chi connectivity index (χ2v) is 3.58. The predicted octanol–water partition coefficient (Wildman–Crippen LogP) is 0.594. The van der Waals surface area contributed by atoms with Crippen LogP contribution in [-0.2, 0) is 10.4 Å². The predicted molar refractivity (Wildman–Crippen MR) is 60.4 cm³/mol. The number of benzene rings is 1. The first-order chi connectivity index (χ1) is 9.54. The molecule has 0 unspecified atom stereocenters. The van der Waals surface area contributed by atoms with Gasteiger partial charge in [-0.1, -0.05) is 0 Å². The van der Waals surface area contributed by atoms with Gasteiger partial charge in [-0.2, -0.15) is 8.42 Å². The molecule has 0 aliphatic rings. The minimum Gasteiger partial charge on any atom is -0.423 e. The molecule has 1 aromatic carbocycles. The Hall–Kier alpha value is -0.224. The van der Waals surface area contributed by atoms with Crippen molar-refractivity contribution in [3.63, 3.8) is 0 Å². The standard InChI is InChI=1S/C9H6O6S.K/c10-9-4-2-6-1-3-7(5-8(6)14-9)15-16(11,12)13;/h1-5H,(H,11,12,13);/i1D,2D,3D,4D,5D;. The summed E-state index contributed by atoms with van der Waals surface area (Å²) >= 11 is 0. The molecule has 0 saturated heterocycles. The molecule has 1 radical (unpaired) electrons. The van der Waals surface area contributed by atoms with E-state index in [1.807, 2.05) is 0 Å². The Kier molecular flexibility index (Phi) is 2.91. The largest absolute Gasteiger partial charge is 0.446 e. The van der Waals surface area contributed by atoms with Gasteiger partial charge in [0.15, 0.2) is 0 Å². The van der Waals surface area contributed by atoms with Crippen molar-refractivity contribution in [3.05, 3.63) is 40.6 Å². The fraction of sp³-hybridized carbons (Fsp3) is 0. The summed E-state index contributed by atoms with van der Waals surface area (Å²) in [4.78, 5) is 11.3. The summed E-state index contributed by atoms with van der Waals surface area (Å²) in [6.45, 7) is 0. The maximum absolute atomic E-state index is 11.3. The van der Waals surface area contributed by atoms with Crippen LogP contribution in [0.4, 0.5) is 0 Å². The van der Waals surface area contributed by atoms with E-state index in [1.54, 1.807) is 0 Å². The third-order valence-electron chi connectivity index (χ3n) is 1.43. The van der Waals surface area contributed by atoms with Crippen molar-refractivity contribution >= 4 is 72.8 Å². The molecule has 0 atom stereocenters. The Balaban J connectivity index is 0.00000242. The molecule has 6 nitrogen and oxygen atoms in total. The zero-order valence-corrected chi connectivity index (χ0v) is 12.3. The molecule has 8 heteroatoms. The molecule has 2 rings (SSSR count). The van der Waals surface area contributed by atoms with Crippen LogP contribution in [-0.4, -0.2) is 64.4 Å². The Morgan fingerprint density at radius 2 is 1.94 bits per heavy atom. The van der Waals surface area contributed by atoms with Gasteiger partial charge in [-0.15, -0.1) is 0 Å². The van der Waals surface area contributed by atoms with Gasteiger partial charge in [0.2, 0.25) is 0 Å². The van der Waals surface area contributed by atoms with Gasteiger partial charge in [0.1, 0.15) is 11.3 Å². The van der Waals surface area contributed by atoms with Gasteiger partial charge in [0.25, 0.3) is 0 Å². The van der Waals surface area contributed by atoms with E-state index in [-0.39, 0.29) is 51.4 Å². The Morgan fingerprint density at radius 3 is 2.59 bits per heavy atom. The number of hydrogen-bond donors (Lipinski definition) is 1. The summed E-state index contributed by atoms with van der Waals surface area (Å²) in [7, 11) is -5.06. The monoisotopic (exact) mass is 286 g/mol. The zero-order valence-electron chi connectivity index (χ0n) is 13.4. The molecule has 1 heterocycles. The zero-order chi connectivity index (χ0) is 16.1. The van der Waals surface area contributed by atoms with E-state index in [4.69, 9.17) is 11.4 Å². The molecule has 0 spiro atoms. The van der Waals surface area contributed by atoms with Gasteiger partial charge in [0, 0.05) is 68.9 Å². The van der Waals surface area contributed by atoms with E-state index in [0.717, 1.165) is 0 Å². The number of hydrogen-bond acceptors (Lipinski definition) is 5. The van der Waals surface area contributed by atoms with Gasteiger partial charge < -0.3 is 8.60 Å². The first-order valence-electron chi connectivity index (χ1n) is 6.25. The topological polar surface area (TPSA) is 93.8 Å². The van der Waals surface area contributed by atoms with Crippen LogP contribution in [0.1, 0.15) is 6.85 Å². The molecule has 1 N–H and O–H groups in total. The molecular weight excluding hydrogens is 275 g/mol. The molecule has 0 aliphatic carbocycles. The SMILES string of the molecule is [2H]c1c(OS(=O)(=O)O)c([2H])c2oc(=O)c([2H])c([2H])c2c1[2H].[K]. The van der Waals surface area contributed by atoms with Crippen molar-refractivity contribution in [2.75, 3.05) is 0 Å². The maximum atomic E-state index is 11.3. The van der Waals surface area contributed by atoms with E-state index in [2.05, 4.69) is 8.60 Å². The molecule has 17 heavy (non-hydrogen) atoms. The van der Waals surface area contributed by atoms with Crippen LogP contribution in [0.15, 0.2) is 39.4 Å². The average molecular weight is 286 g/mol. The van der Waals surface area contributed by atoms with Crippen molar-refractivity contribution in [1.82, 2.24) is 0 Å². The van der Waals surface area contributed by atoms with Crippen LogP contribution in [0.3, 0.4) is 0 Å². The van der Waals surface area contributed by atoms with Crippen LogP contribution >= 0.6 is 0 Å². The fourth-order valence-corrected chi connectivity index (χ4v) is 1.21. The van der Waals surface area contributed by atoms with E-state index >= 15 is 0 Å². The fourth-order valence-electron chi connectivity index (χ4n) is 0.916. The van der Waals surface area contributed by atoms with Crippen LogP contribution in [0.25, 0.3) is 11.0 Å². The second kappa shape index (κ2) is 5.61. The first kappa shape index (κ1) is 8.81. The van der Waals surface area contributed by atoms with Gasteiger partial charge in [0.05, 0.1) is 6.85 Å². The first-order valence-corrected chi connectivity index (χ1v) is 5.11. The van der Waals surface area contributed by atoms with Gasteiger partial charge in [-0.25, -0.2) is 4.79 Å². The molecule has 0 saturated carbocycles. The Labute approximate surface area is 146 Å². The van der Waals surface area contributed by atoms with Gasteiger partial charge >= 0.3 is 16.0 Å². The molecule has 0 amide bonds. The summed E-state index contributed by atoms with van der Waals surface area (Å²) in [5, 5.41) is -0.475. The average Bonchev–Trinajstić information content (AvgIpc) is 2.37. The van der Waals surface area contributed by atoms with Crippen LogP contribution < -0.4 is 9.81 Å². The molecule has 0 fully saturated rings. The summed E-state index contributed by atoms with van der Waals surface area (Å²) in [5.41, 5.74) is -1.95. The normalized spacial score (nSPS) is 15.0. The van der Waals surface area contributed by atoms with E-state index in [0.29, 0.717) is 0 Å². The Morgan fingerprint density at radius 1 is 1.29 bits per heavy atom. The van der Waals surface area contributed by atoms with E-state index in [1.165, 1.54) is 0 Å². The van der Waals surface area contributed by atoms with Crippen LogP contribution in [0, 0.1) is 0 Å². The summed E-state index contributed by atoms with van der Waals surface area (Å²) in [5.74, 6) is -1.02. The van der Waals surface area contributed by atoms with Crippen molar-refractivity contribution in [3.8, 4) is 5.75 Å². The van der Waals surface area contributed by atoms with Crippen molar-refractivity contribution in [1.29, 1.82) is 0 Å². The minimum atomic E-state index is -5.06. The molecule has 1 aromatic heterocycles. The molecular formula is C9H6KO6S. The maximum Gasteiger partial charge on any atom is 0.446 e. The van der Waals surface area contributed by atoms with Gasteiger partial charge in [-0.3, -0.25) is 4.55 Å². The quantitative estimate of drug-likeness (QED) is 0.493. The van der Waals surface area contributed by atoms with Gasteiger partial charge in [-0.05, 0) is 18.1 Å². The summed E-state index contributed by atoms with van der Waals surface area (Å²) < 4.78 is 76.3. The van der Waals surface area contributed by atoms with E-state index in [9.17, 15) is 13.2 Å². The summed E-state index contributed by atoms with van der Waals surface area (Å²) in [6, 6.07) is -4.19. The van der Waals surface area contributed by atoms with E-state index < -0.39 is 63.0 Å². The minimum absolute atomic E-state index is 0. The molecule has 0 bridgehead atoms. The van der Waals surface area contributed by atoms with Crippen molar-refractivity contribution in [2.24, 2.45) is 0 Å². The summed E-state index contributed by atoms with van der Waals surface area (Å²) in [6.07, 6.45) is 0. The van der Waals surface area contributed by atoms with Crippen molar-refractivity contribution < 1.29 is 28.4 Å². The number of rotatable bonds is 2. The Bertz CT molecular complexity index is 925. The van der Waals surface area contributed by atoms with Crippen molar-refractivity contribution in [2.45, 2.75) is 0 Å². The molecule has 0 aliphatic heterocycles. The second-order valence-electron chi connectivity index (χ2n) is 2.56. The van der Waals surface area contributed by atoms with Crippen LogP contribution in [0.5, 0.6) is 5.75 Å². The number of fused-ring (bicyclic) bond motifs is 1. The smallest absolute Gasteiger partial charge is 0.423 e. The molecule has 2 aromatic rings. The molecule has 85 valence electrons.